The van der Waals surface area contributed by atoms with E-state index in [-0.39, 0.29) is 0 Å². The second kappa shape index (κ2) is 5.75. The number of hydrogen-bond donors (Lipinski definition) is 1. The quantitative estimate of drug-likeness (QED) is 0.877. The zero-order valence-electron chi connectivity index (χ0n) is 10.0. The Bertz CT molecular complexity index is 321. The van der Waals surface area contributed by atoms with Crippen molar-refractivity contribution >= 4 is 11.3 Å². The first-order chi connectivity index (χ1) is 7.75. The lowest BCUT2D eigenvalue weighted by Crippen LogP contribution is -2.36. The number of aromatic nitrogens is 1. The Morgan fingerprint density at radius 3 is 2.94 bits per heavy atom. The van der Waals surface area contributed by atoms with E-state index in [0.717, 1.165) is 32.6 Å². The van der Waals surface area contributed by atoms with E-state index in [4.69, 9.17) is 4.74 Å². The molecule has 1 saturated heterocycles. The number of nitrogens with one attached hydrogen (secondary N) is 1. The molecule has 1 aromatic heterocycles. The van der Waals surface area contributed by atoms with Crippen LogP contribution in [-0.2, 0) is 4.74 Å². The van der Waals surface area contributed by atoms with Crippen molar-refractivity contribution in [3.05, 3.63) is 16.1 Å². The third kappa shape index (κ3) is 3.27. The molecule has 1 aromatic rings. The maximum absolute atomic E-state index is 5.34. The lowest BCUT2D eigenvalue weighted by molar-refractivity contribution is 0.0777. The van der Waals surface area contributed by atoms with Crippen LogP contribution in [0, 0.1) is 6.92 Å². The van der Waals surface area contributed by atoms with Crippen LogP contribution in [0.4, 0.5) is 0 Å². The van der Waals surface area contributed by atoms with Gasteiger partial charge in [0.15, 0.2) is 0 Å². The largest absolute Gasteiger partial charge is 0.381 e. The summed E-state index contributed by atoms with van der Waals surface area (Å²) in [5.74, 6) is 0.515. The van der Waals surface area contributed by atoms with Gasteiger partial charge in [-0.05, 0) is 19.8 Å². The summed E-state index contributed by atoms with van der Waals surface area (Å²) in [6.07, 6.45) is 4.25. The predicted molar refractivity (Wildman–Crippen MR) is 67.1 cm³/mol. The average Bonchev–Trinajstić information content (AvgIpc) is 2.74. The second-order valence-corrected chi connectivity index (χ2v) is 5.77. The van der Waals surface area contributed by atoms with Crippen LogP contribution in [0.2, 0.25) is 0 Å². The van der Waals surface area contributed by atoms with Crippen molar-refractivity contribution < 1.29 is 4.74 Å². The molecule has 90 valence electrons. The summed E-state index contributed by atoms with van der Waals surface area (Å²) in [6.45, 7) is 7.19. The minimum Gasteiger partial charge on any atom is -0.381 e. The molecule has 0 saturated carbocycles. The number of aryl methyl sites for hydroxylation is 1. The monoisotopic (exact) mass is 240 g/mol. The summed E-state index contributed by atoms with van der Waals surface area (Å²) >= 11 is 1.81. The van der Waals surface area contributed by atoms with E-state index in [1.807, 2.05) is 6.20 Å². The Hall–Kier alpha value is -0.450. The molecular formula is C12H20N2OS. The van der Waals surface area contributed by atoms with Gasteiger partial charge in [0.2, 0.25) is 0 Å². The number of ether oxygens (including phenoxy) is 1. The van der Waals surface area contributed by atoms with Crippen molar-refractivity contribution in [1.29, 1.82) is 0 Å². The van der Waals surface area contributed by atoms with Crippen LogP contribution in [0.15, 0.2) is 6.20 Å². The Morgan fingerprint density at radius 2 is 2.31 bits per heavy atom. The molecule has 1 unspecified atom stereocenters. The molecule has 3 nitrogen and oxygen atoms in total. The third-order valence-corrected chi connectivity index (χ3v) is 4.14. The lowest BCUT2D eigenvalue weighted by Gasteiger charge is -2.24. The summed E-state index contributed by atoms with van der Waals surface area (Å²) in [4.78, 5) is 5.73. The highest BCUT2D eigenvalue weighted by atomic mass is 32.1. The number of thiazole rings is 1. The first-order valence-electron chi connectivity index (χ1n) is 5.99. The molecule has 1 fully saturated rings. The average molecular weight is 240 g/mol. The number of hydrogen-bond acceptors (Lipinski definition) is 4. The highest BCUT2D eigenvalue weighted by Gasteiger charge is 2.15. The molecule has 0 amide bonds. The van der Waals surface area contributed by atoms with Gasteiger partial charge >= 0.3 is 0 Å². The van der Waals surface area contributed by atoms with Gasteiger partial charge in [0.1, 0.15) is 0 Å². The molecule has 16 heavy (non-hydrogen) atoms. The summed E-state index contributed by atoms with van der Waals surface area (Å²) in [5.41, 5.74) is 0. The molecule has 0 spiro atoms. The summed E-state index contributed by atoms with van der Waals surface area (Å²) in [5, 5.41) is 4.86. The topological polar surface area (TPSA) is 34.2 Å². The second-order valence-electron chi connectivity index (χ2n) is 4.51. The molecular weight excluding hydrogens is 220 g/mol. The van der Waals surface area contributed by atoms with Gasteiger partial charge in [0, 0.05) is 42.8 Å². The van der Waals surface area contributed by atoms with Gasteiger partial charge in [0.25, 0.3) is 0 Å². The van der Waals surface area contributed by atoms with Crippen LogP contribution >= 0.6 is 11.3 Å². The molecule has 1 aliphatic rings. The fourth-order valence-corrected chi connectivity index (χ4v) is 2.76. The molecule has 0 aliphatic carbocycles. The first-order valence-corrected chi connectivity index (χ1v) is 6.81. The lowest BCUT2D eigenvalue weighted by atomic mass is 10.1. The van der Waals surface area contributed by atoms with Gasteiger partial charge in [-0.2, -0.15) is 0 Å². The molecule has 1 aliphatic heterocycles. The fourth-order valence-electron chi connectivity index (χ4n) is 1.93. The third-order valence-electron chi connectivity index (χ3n) is 2.99. The van der Waals surface area contributed by atoms with E-state index in [0.29, 0.717) is 12.0 Å². The van der Waals surface area contributed by atoms with E-state index < -0.39 is 0 Å². The van der Waals surface area contributed by atoms with Crippen molar-refractivity contribution in [2.75, 3.05) is 19.8 Å². The molecule has 1 N–H and O–H groups in total. The molecule has 2 rings (SSSR count). The van der Waals surface area contributed by atoms with Gasteiger partial charge < -0.3 is 10.1 Å². The highest BCUT2D eigenvalue weighted by Crippen LogP contribution is 2.20. The van der Waals surface area contributed by atoms with Gasteiger partial charge in [-0.3, -0.25) is 0 Å². The van der Waals surface area contributed by atoms with E-state index in [9.17, 15) is 0 Å². The van der Waals surface area contributed by atoms with E-state index in [1.54, 1.807) is 11.3 Å². The van der Waals surface area contributed by atoms with Crippen molar-refractivity contribution in [2.45, 2.75) is 38.6 Å². The van der Waals surface area contributed by atoms with Crippen molar-refractivity contribution in [3.63, 3.8) is 0 Å². The number of nitrogens with zero attached hydrogens (tertiary/aromatic N) is 1. The van der Waals surface area contributed by atoms with Crippen LogP contribution < -0.4 is 5.32 Å². The van der Waals surface area contributed by atoms with Gasteiger partial charge in [-0.15, -0.1) is 11.3 Å². The van der Waals surface area contributed by atoms with Crippen molar-refractivity contribution in [3.8, 4) is 0 Å². The Morgan fingerprint density at radius 1 is 1.56 bits per heavy atom. The molecule has 4 heteroatoms. The maximum atomic E-state index is 5.34. The summed E-state index contributed by atoms with van der Waals surface area (Å²) in [6, 6.07) is 0.636. The molecule has 0 aromatic carbocycles. The summed E-state index contributed by atoms with van der Waals surface area (Å²) < 4.78 is 5.34. The summed E-state index contributed by atoms with van der Waals surface area (Å²) in [7, 11) is 0. The Labute approximate surface area is 101 Å². The van der Waals surface area contributed by atoms with Crippen LogP contribution in [0.1, 0.15) is 35.6 Å². The van der Waals surface area contributed by atoms with Crippen molar-refractivity contribution in [1.82, 2.24) is 10.3 Å². The Kier molecular flexibility index (Phi) is 4.32. The molecule has 0 bridgehead atoms. The SMILES string of the molecule is Cc1cnc(C(C)CNC2CCOCC2)s1. The van der Waals surface area contributed by atoms with Crippen LogP contribution in [0.5, 0.6) is 0 Å². The molecule has 0 radical (unpaired) electrons. The van der Waals surface area contributed by atoms with Crippen LogP contribution in [0.3, 0.4) is 0 Å². The highest BCUT2D eigenvalue weighted by molar-refractivity contribution is 7.11. The van der Waals surface area contributed by atoms with Gasteiger partial charge in [0.05, 0.1) is 5.01 Å². The maximum Gasteiger partial charge on any atom is 0.0968 e. The van der Waals surface area contributed by atoms with Crippen LogP contribution in [-0.4, -0.2) is 30.8 Å². The van der Waals surface area contributed by atoms with Crippen LogP contribution in [0.25, 0.3) is 0 Å². The van der Waals surface area contributed by atoms with Gasteiger partial charge in [-0.25, -0.2) is 4.98 Å². The normalized spacial score (nSPS) is 19.9. The van der Waals surface area contributed by atoms with E-state index >= 15 is 0 Å². The smallest absolute Gasteiger partial charge is 0.0968 e. The van der Waals surface area contributed by atoms with Crippen molar-refractivity contribution in [2.24, 2.45) is 0 Å². The van der Waals surface area contributed by atoms with Gasteiger partial charge in [-0.1, -0.05) is 6.92 Å². The first kappa shape index (κ1) is 12.0. The van der Waals surface area contributed by atoms with E-state index in [1.165, 1.54) is 9.88 Å². The molecule has 1 atom stereocenters. The number of rotatable bonds is 4. The zero-order chi connectivity index (χ0) is 11.4. The predicted octanol–water partition coefficient (Wildman–Crippen LogP) is 2.32. The molecule has 2 heterocycles. The minimum atomic E-state index is 0.515. The zero-order valence-corrected chi connectivity index (χ0v) is 10.8. The Balaban J connectivity index is 1.76. The fraction of sp³-hybridized carbons (Fsp3) is 0.750. The standard InChI is InChI=1S/C12H20N2OS/c1-9(12-14-8-10(2)16-12)7-13-11-3-5-15-6-4-11/h8-9,11,13H,3-7H2,1-2H3. The minimum absolute atomic E-state index is 0.515. The van der Waals surface area contributed by atoms with E-state index in [2.05, 4.69) is 24.1 Å².